The summed E-state index contributed by atoms with van der Waals surface area (Å²) in [6, 6.07) is 14.7. The average molecular weight is 652 g/mol. The van der Waals surface area contributed by atoms with Gasteiger partial charge in [-0.05, 0) is 82.9 Å². The summed E-state index contributed by atoms with van der Waals surface area (Å²) < 4.78 is 10.3. The SMILES string of the molecule is Cc1cccc(C)c1-c1cc(OC[C@@H](CC(C)(C)C)NCc2ncc(Br)cn2)nc(NSc2cccc(C(=O)O)c2)n1. The molecule has 0 amide bonds. The number of aryl methyl sites for hydroxylation is 2. The topological polar surface area (TPSA) is 122 Å². The number of rotatable bonds is 12. The highest BCUT2D eigenvalue weighted by atomic mass is 79.9. The molecule has 4 rings (SSSR count). The minimum atomic E-state index is -0.980. The molecule has 0 aliphatic rings. The van der Waals surface area contributed by atoms with Crippen LogP contribution in [0, 0.1) is 19.3 Å². The largest absolute Gasteiger partial charge is 0.478 e. The normalized spacial score (nSPS) is 12.1. The van der Waals surface area contributed by atoms with Crippen LogP contribution in [0.25, 0.3) is 11.3 Å². The predicted octanol–water partition coefficient (Wildman–Crippen LogP) is 7.10. The van der Waals surface area contributed by atoms with Gasteiger partial charge in [0.1, 0.15) is 12.4 Å². The molecule has 0 radical (unpaired) electrons. The Morgan fingerprint density at radius 3 is 2.40 bits per heavy atom. The molecule has 9 nitrogen and oxygen atoms in total. The van der Waals surface area contributed by atoms with Crippen molar-refractivity contribution in [1.82, 2.24) is 25.3 Å². The standard InChI is InChI=1S/C31H35BrN6O3S/c1-19-8-6-9-20(2)28(19)25-13-27(37-30(36-25)38-42-24-11-7-10-21(12-24)29(39)40)41-18-23(14-31(3,4)5)33-17-26-34-15-22(32)16-35-26/h6-13,15-16,23,33H,14,17-18H2,1-5H3,(H,39,40)(H,36,37,38)/t23-/m1/s1. The fourth-order valence-electron chi connectivity index (χ4n) is 4.47. The maximum Gasteiger partial charge on any atom is 0.335 e. The number of carboxylic acid groups (broad SMARTS) is 1. The summed E-state index contributed by atoms with van der Waals surface area (Å²) in [6.45, 7) is 11.6. The highest BCUT2D eigenvalue weighted by Crippen LogP contribution is 2.30. The van der Waals surface area contributed by atoms with Crippen LogP contribution >= 0.6 is 27.9 Å². The van der Waals surface area contributed by atoms with Gasteiger partial charge in [0, 0.05) is 35.0 Å². The third kappa shape index (κ3) is 9.23. The van der Waals surface area contributed by atoms with Crippen LogP contribution in [0.3, 0.4) is 0 Å². The van der Waals surface area contributed by atoms with Gasteiger partial charge in [-0.2, -0.15) is 4.98 Å². The number of carbonyl (C=O) groups is 1. The summed E-state index contributed by atoms with van der Waals surface area (Å²) in [6.07, 6.45) is 4.33. The molecule has 0 saturated carbocycles. The summed E-state index contributed by atoms with van der Waals surface area (Å²) in [5.41, 5.74) is 4.21. The second-order valence-electron chi connectivity index (χ2n) is 11.2. The number of anilines is 1. The lowest BCUT2D eigenvalue weighted by molar-refractivity contribution is 0.0696. The number of carboxylic acids is 1. The molecular weight excluding hydrogens is 616 g/mol. The molecule has 0 unspecified atom stereocenters. The van der Waals surface area contributed by atoms with E-state index in [9.17, 15) is 9.90 Å². The number of aromatic carboxylic acids is 1. The van der Waals surface area contributed by atoms with Crippen molar-refractivity contribution < 1.29 is 14.6 Å². The van der Waals surface area contributed by atoms with E-state index in [1.807, 2.05) is 18.2 Å². The van der Waals surface area contributed by atoms with E-state index in [1.54, 1.807) is 30.6 Å². The fraction of sp³-hybridized carbons (Fsp3) is 0.323. The van der Waals surface area contributed by atoms with Crippen LogP contribution in [0.2, 0.25) is 0 Å². The van der Waals surface area contributed by atoms with E-state index in [0.29, 0.717) is 30.8 Å². The molecule has 220 valence electrons. The van der Waals surface area contributed by atoms with Gasteiger partial charge in [0.2, 0.25) is 11.8 Å². The zero-order valence-electron chi connectivity index (χ0n) is 24.3. The first-order chi connectivity index (χ1) is 20.0. The van der Waals surface area contributed by atoms with Crippen molar-refractivity contribution in [2.45, 2.75) is 58.5 Å². The van der Waals surface area contributed by atoms with Crippen LogP contribution < -0.4 is 14.8 Å². The van der Waals surface area contributed by atoms with Crippen molar-refractivity contribution in [2.75, 3.05) is 11.3 Å². The molecular formula is C31H35BrN6O3S. The molecule has 0 saturated heterocycles. The van der Waals surface area contributed by atoms with Crippen LogP contribution in [0.4, 0.5) is 5.95 Å². The second-order valence-corrected chi connectivity index (χ2v) is 13.0. The molecule has 1 atom stereocenters. The molecule has 42 heavy (non-hydrogen) atoms. The van der Waals surface area contributed by atoms with Gasteiger partial charge in [0.15, 0.2) is 0 Å². The first kappa shape index (κ1) is 31.4. The highest BCUT2D eigenvalue weighted by molar-refractivity contribution is 9.10. The Hall–Kier alpha value is -3.54. The Kier molecular flexibility index (Phi) is 10.5. The van der Waals surface area contributed by atoms with Crippen LogP contribution in [0.15, 0.2) is 70.3 Å². The van der Waals surface area contributed by atoms with Crippen molar-refractivity contribution in [2.24, 2.45) is 5.41 Å². The number of benzene rings is 2. The lowest BCUT2D eigenvalue weighted by atomic mass is 9.88. The van der Waals surface area contributed by atoms with Gasteiger partial charge in [0.05, 0.1) is 22.3 Å². The summed E-state index contributed by atoms with van der Waals surface area (Å²) >= 11 is 4.62. The van der Waals surface area contributed by atoms with Gasteiger partial charge >= 0.3 is 5.97 Å². The molecule has 2 aromatic carbocycles. The maximum absolute atomic E-state index is 11.4. The Morgan fingerprint density at radius 2 is 1.74 bits per heavy atom. The molecule has 0 aliphatic heterocycles. The van der Waals surface area contributed by atoms with Crippen LogP contribution in [-0.4, -0.2) is 43.7 Å². The van der Waals surface area contributed by atoms with Crippen molar-refractivity contribution in [3.8, 4) is 17.1 Å². The smallest absolute Gasteiger partial charge is 0.335 e. The van der Waals surface area contributed by atoms with Crippen molar-refractivity contribution in [3.63, 3.8) is 0 Å². The molecule has 0 bridgehead atoms. The molecule has 0 fully saturated rings. The Bertz CT molecular complexity index is 1510. The average Bonchev–Trinajstić information content (AvgIpc) is 2.93. The number of hydrogen-bond acceptors (Lipinski definition) is 9. The summed E-state index contributed by atoms with van der Waals surface area (Å²) in [5, 5.41) is 12.9. The monoisotopic (exact) mass is 650 g/mol. The molecule has 0 spiro atoms. The van der Waals surface area contributed by atoms with Gasteiger partial charge in [-0.1, -0.05) is 45.0 Å². The first-order valence-electron chi connectivity index (χ1n) is 13.5. The Labute approximate surface area is 259 Å². The molecule has 4 aromatic rings. The van der Waals surface area contributed by atoms with E-state index in [4.69, 9.17) is 9.72 Å². The van der Waals surface area contributed by atoms with E-state index in [1.165, 1.54) is 11.9 Å². The third-order valence-corrected chi connectivity index (χ3v) is 7.48. The third-order valence-electron chi connectivity index (χ3n) is 6.29. The lowest BCUT2D eigenvalue weighted by Crippen LogP contribution is -2.38. The van der Waals surface area contributed by atoms with E-state index in [0.717, 1.165) is 38.2 Å². The number of nitrogens with zero attached hydrogens (tertiary/aromatic N) is 4. The maximum atomic E-state index is 11.4. The van der Waals surface area contributed by atoms with Gasteiger partial charge in [-0.25, -0.2) is 19.7 Å². The number of halogens is 1. The number of nitrogens with one attached hydrogen (secondary N) is 2. The van der Waals surface area contributed by atoms with Gasteiger partial charge in [-0.15, -0.1) is 0 Å². The Morgan fingerprint density at radius 1 is 1.05 bits per heavy atom. The zero-order valence-corrected chi connectivity index (χ0v) is 26.7. The van der Waals surface area contributed by atoms with Crippen molar-refractivity contribution in [3.05, 3.63) is 87.9 Å². The van der Waals surface area contributed by atoms with Gasteiger partial charge < -0.3 is 15.2 Å². The van der Waals surface area contributed by atoms with E-state index >= 15 is 0 Å². The second kappa shape index (κ2) is 14.1. The number of hydrogen-bond donors (Lipinski definition) is 3. The van der Waals surface area contributed by atoms with Gasteiger partial charge in [-0.3, -0.25) is 4.72 Å². The molecule has 11 heteroatoms. The van der Waals surface area contributed by atoms with E-state index in [2.05, 4.69) is 87.7 Å². The van der Waals surface area contributed by atoms with Crippen LogP contribution in [-0.2, 0) is 6.54 Å². The molecule has 3 N–H and O–H groups in total. The van der Waals surface area contributed by atoms with Gasteiger partial charge in [0.25, 0.3) is 0 Å². The lowest BCUT2D eigenvalue weighted by Gasteiger charge is -2.26. The highest BCUT2D eigenvalue weighted by Gasteiger charge is 2.21. The minimum Gasteiger partial charge on any atom is -0.478 e. The van der Waals surface area contributed by atoms with Crippen molar-refractivity contribution in [1.29, 1.82) is 0 Å². The Balaban J connectivity index is 1.57. The summed E-state index contributed by atoms with van der Waals surface area (Å²) in [7, 11) is 0. The van der Waals surface area contributed by atoms with E-state index in [-0.39, 0.29) is 17.0 Å². The molecule has 2 aromatic heterocycles. The zero-order chi connectivity index (χ0) is 30.3. The molecule has 2 heterocycles. The van der Waals surface area contributed by atoms with Crippen LogP contribution in [0.5, 0.6) is 5.88 Å². The summed E-state index contributed by atoms with van der Waals surface area (Å²) in [5.74, 6) is 0.517. The number of ether oxygens (including phenoxy) is 1. The van der Waals surface area contributed by atoms with Crippen molar-refractivity contribution >= 4 is 39.8 Å². The number of aromatic nitrogens is 4. The first-order valence-corrected chi connectivity index (χ1v) is 15.1. The van der Waals surface area contributed by atoms with E-state index < -0.39 is 5.97 Å². The summed E-state index contributed by atoms with van der Waals surface area (Å²) in [4.78, 5) is 30.3. The quantitative estimate of drug-likeness (QED) is 0.137. The minimum absolute atomic E-state index is 0.0143. The fourth-order valence-corrected chi connectivity index (χ4v) is 5.31. The van der Waals surface area contributed by atoms with Crippen LogP contribution in [0.1, 0.15) is 54.5 Å². The predicted molar refractivity (Wildman–Crippen MR) is 170 cm³/mol. The molecule has 0 aliphatic carbocycles.